The molecular weight excluding hydrogens is 275 g/mol. The van der Waals surface area contributed by atoms with E-state index in [1.807, 2.05) is 19.1 Å². The average Bonchev–Trinajstić information content (AvgIpc) is 2.15. The molecule has 0 aliphatic carbocycles. The Morgan fingerprint density at radius 3 is 3.15 bits per heavy atom. The lowest BCUT2D eigenvalue weighted by Crippen LogP contribution is -2.03. The predicted octanol–water partition coefficient (Wildman–Crippen LogP) is 3.06. The lowest BCUT2D eigenvalue weighted by molar-refractivity contribution is 1.04. The van der Waals surface area contributed by atoms with Gasteiger partial charge in [0.2, 0.25) is 0 Å². The Bertz CT molecular complexity index is 284. The summed E-state index contributed by atoms with van der Waals surface area (Å²) in [6, 6.07) is 3.99. The highest BCUT2D eigenvalue weighted by atomic mass is 127. The summed E-state index contributed by atoms with van der Waals surface area (Å²) in [5.74, 6) is 0.979. The first-order chi connectivity index (χ1) is 6.34. The zero-order valence-corrected chi connectivity index (χ0v) is 9.78. The molecule has 0 bridgehead atoms. The average molecular weight is 288 g/mol. The van der Waals surface area contributed by atoms with E-state index in [9.17, 15) is 0 Å². The fraction of sp³-hybridized carbons (Fsp3) is 0.300. The van der Waals surface area contributed by atoms with Crippen molar-refractivity contribution >= 4 is 28.4 Å². The molecule has 0 fully saturated rings. The number of halogens is 1. The highest BCUT2D eigenvalue weighted by molar-refractivity contribution is 14.1. The van der Waals surface area contributed by atoms with Crippen molar-refractivity contribution < 1.29 is 0 Å². The molecule has 0 aliphatic rings. The van der Waals surface area contributed by atoms with Gasteiger partial charge in [-0.2, -0.15) is 0 Å². The highest BCUT2D eigenvalue weighted by Gasteiger charge is 1.96. The van der Waals surface area contributed by atoms with Crippen molar-refractivity contribution in [2.45, 2.75) is 13.3 Å². The van der Waals surface area contributed by atoms with Crippen LogP contribution in [0.5, 0.6) is 0 Å². The van der Waals surface area contributed by atoms with Crippen molar-refractivity contribution in [1.82, 2.24) is 4.98 Å². The van der Waals surface area contributed by atoms with E-state index in [4.69, 9.17) is 0 Å². The second-order valence-electron chi connectivity index (χ2n) is 2.62. The minimum atomic E-state index is 0.942. The van der Waals surface area contributed by atoms with Crippen molar-refractivity contribution in [2.24, 2.45) is 0 Å². The second kappa shape index (κ2) is 5.96. The first kappa shape index (κ1) is 10.5. The third kappa shape index (κ3) is 3.76. The van der Waals surface area contributed by atoms with Gasteiger partial charge in [-0.05, 0) is 48.1 Å². The molecule has 1 N–H and O–H groups in total. The topological polar surface area (TPSA) is 24.9 Å². The van der Waals surface area contributed by atoms with Gasteiger partial charge >= 0.3 is 0 Å². The minimum absolute atomic E-state index is 0.942. The number of nitrogens with zero attached hydrogens (tertiary/aromatic N) is 1. The molecule has 0 amide bonds. The Morgan fingerprint density at radius 1 is 1.62 bits per heavy atom. The van der Waals surface area contributed by atoms with Crippen molar-refractivity contribution in [1.29, 1.82) is 0 Å². The third-order valence-electron chi connectivity index (χ3n) is 1.60. The van der Waals surface area contributed by atoms with Crippen LogP contribution in [0.3, 0.4) is 0 Å². The van der Waals surface area contributed by atoms with Crippen LogP contribution in [-0.2, 0) is 0 Å². The molecule has 0 radical (unpaired) electrons. The number of hydrogen-bond acceptors (Lipinski definition) is 2. The monoisotopic (exact) mass is 288 g/mol. The highest BCUT2D eigenvalue weighted by Crippen LogP contribution is 2.13. The van der Waals surface area contributed by atoms with E-state index in [0.717, 1.165) is 18.8 Å². The summed E-state index contributed by atoms with van der Waals surface area (Å²) < 4.78 is 1.17. The zero-order chi connectivity index (χ0) is 9.52. The fourth-order valence-corrected chi connectivity index (χ4v) is 1.49. The molecule has 70 valence electrons. The first-order valence-corrected chi connectivity index (χ1v) is 5.38. The summed E-state index contributed by atoms with van der Waals surface area (Å²) in [7, 11) is 0. The van der Waals surface area contributed by atoms with Gasteiger partial charge in [-0.15, -0.1) is 0 Å². The Balaban J connectivity index is 2.41. The van der Waals surface area contributed by atoms with Crippen molar-refractivity contribution in [3.05, 3.63) is 34.1 Å². The normalized spacial score (nSPS) is 10.6. The van der Waals surface area contributed by atoms with Crippen LogP contribution < -0.4 is 5.32 Å². The molecule has 0 saturated heterocycles. The van der Waals surface area contributed by atoms with Gasteiger partial charge in [-0.25, -0.2) is 4.98 Å². The number of hydrogen-bond donors (Lipinski definition) is 1. The number of rotatable bonds is 4. The van der Waals surface area contributed by atoms with Crippen LogP contribution in [0.1, 0.15) is 13.3 Å². The van der Waals surface area contributed by atoms with Gasteiger partial charge in [-0.3, -0.25) is 0 Å². The van der Waals surface area contributed by atoms with Crippen LogP contribution in [0, 0.1) is 3.57 Å². The second-order valence-corrected chi connectivity index (χ2v) is 3.78. The standard InChI is InChI=1S/C10H13IN2/c1-2-3-4-7-12-10-9(11)6-5-8-13-10/h2-3,5-6,8H,4,7H2,1H3,(H,12,13)/b3-2+. The maximum atomic E-state index is 4.23. The van der Waals surface area contributed by atoms with Crippen LogP contribution in [0.25, 0.3) is 0 Å². The first-order valence-electron chi connectivity index (χ1n) is 4.30. The predicted molar refractivity (Wildman–Crippen MR) is 64.9 cm³/mol. The van der Waals surface area contributed by atoms with Gasteiger partial charge in [-0.1, -0.05) is 12.2 Å². The van der Waals surface area contributed by atoms with Gasteiger partial charge in [0.15, 0.2) is 0 Å². The fourth-order valence-electron chi connectivity index (χ4n) is 0.956. The van der Waals surface area contributed by atoms with Crippen LogP contribution in [-0.4, -0.2) is 11.5 Å². The minimum Gasteiger partial charge on any atom is -0.369 e. The molecule has 1 heterocycles. The van der Waals surface area contributed by atoms with E-state index in [1.165, 1.54) is 3.57 Å². The molecule has 0 spiro atoms. The smallest absolute Gasteiger partial charge is 0.139 e. The van der Waals surface area contributed by atoms with E-state index in [-0.39, 0.29) is 0 Å². The van der Waals surface area contributed by atoms with Crippen molar-refractivity contribution in [3.8, 4) is 0 Å². The van der Waals surface area contributed by atoms with E-state index >= 15 is 0 Å². The maximum absolute atomic E-state index is 4.23. The molecule has 0 saturated carbocycles. The van der Waals surface area contributed by atoms with Gasteiger partial charge in [0.05, 0.1) is 3.57 Å². The lowest BCUT2D eigenvalue weighted by Gasteiger charge is -2.04. The number of nitrogens with one attached hydrogen (secondary N) is 1. The molecule has 13 heavy (non-hydrogen) atoms. The maximum Gasteiger partial charge on any atom is 0.139 e. The Labute approximate surface area is 92.6 Å². The summed E-state index contributed by atoms with van der Waals surface area (Å²) in [4.78, 5) is 4.23. The summed E-state index contributed by atoms with van der Waals surface area (Å²) >= 11 is 2.28. The van der Waals surface area contributed by atoms with Crippen LogP contribution in [0.4, 0.5) is 5.82 Å². The zero-order valence-electron chi connectivity index (χ0n) is 7.63. The Kier molecular flexibility index (Phi) is 4.82. The lowest BCUT2D eigenvalue weighted by atomic mass is 10.4. The van der Waals surface area contributed by atoms with Crippen LogP contribution >= 0.6 is 22.6 Å². The van der Waals surface area contributed by atoms with Crippen molar-refractivity contribution in [3.63, 3.8) is 0 Å². The van der Waals surface area contributed by atoms with Gasteiger partial charge < -0.3 is 5.32 Å². The molecule has 1 aromatic rings. The van der Waals surface area contributed by atoms with Crippen molar-refractivity contribution in [2.75, 3.05) is 11.9 Å². The van der Waals surface area contributed by atoms with Gasteiger partial charge in [0.25, 0.3) is 0 Å². The number of anilines is 1. The summed E-state index contributed by atoms with van der Waals surface area (Å²) in [5.41, 5.74) is 0. The van der Waals surface area contributed by atoms with Crippen LogP contribution in [0.2, 0.25) is 0 Å². The summed E-state index contributed by atoms with van der Waals surface area (Å²) in [5, 5.41) is 3.28. The van der Waals surface area contributed by atoms with Crippen LogP contribution in [0.15, 0.2) is 30.5 Å². The number of pyridine rings is 1. The van der Waals surface area contributed by atoms with E-state index in [1.54, 1.807) is 6.20 Å². The molecule has 3 heteroatoms. The quantitative estimate of drug-likeness (QED) is 0.523. The molecule has 0 unspecified atom stereocenters. The molecule has 0 aliphatic heterocycles. The summed E-state index contributed by atoms with van der Waals surface area (Å²) in [6.45, 7) is 2.97. The molecule has 0 aromatic carbocycles. The molecular formula is C10H13IN2. The SMILES string of the molecule is C/C=C/CCNc1ncccc1I. The molecule has 2 nitrogen and oxygen atoms in total. The third-order valence-corrected chi connectivity index (χ3v) is 2.47. The van der Waals surface area contributed by atoms with Gasteiger partial charge in [0, 0.05) is 12.7 Å². The van der Waals surface area contributed by atoms with E-state index in [2.05, 4.69) is 45.0 Å². The number of allylic oxidation sites excluding steroid dienone is 1. The Hall–Kier alpha value is -0.580. The Morgan fingerprint density at radius 2 is 2.46 bits per heavy atom. The van der Waals surface area contributed by atoms with E-state index in [0.29, 0.717) is 0 Å². The number of aromatic nitrogens is 1. The van der Waals surface area contributed by atoms with E-state index < -0.39 is 0 Å². The van der Waals surface area contributed by atoms with Gasteiger partial charge in [0.1, 0.15) is 5.82 Å². The summed E-state index contributed by atoms with van der Waals surface area (Å²) in [6.07, 6.45) is 7.05. The molecule has 1 aromatic heterocycles. The largest absolute Gasteiger partial charge is 0.369 e. The molecule has 1 rings (SSSR count). The molecule has 0 atom stereocenters.